The first kappa shape index (κ1) is 27.3. The van der Waals surface area contributed by atoms with Crippen LogP contribution in [0.1, 0.15) is 29.7 Å². The van der Waals surface area contributed by atoms with E-state index in [0.717, 1.165) is 23.9 Å². The molecule has 0 spiro atoms. The fourth-order valence-corrected chi connectivity index (χ4v) is 6.29. The van der Waals surface area contributed by atoms with Gasteiger partial charge in [-0.25, -0.2) is 4.39 Å². The molecule has 0 bridgehead atoms. The number of thioether (sulfide) groups is 1. The molecule has 0 radical (unpaired) electrons. The van der Waals surface area contributed by atoms with Crippen molar-refractivity contribution in [1.29, 1.82) is 0 Å². The Bertz CT molecular complexity index is 1280. The van der Waals surface area contributed by atoms with Gasteiger partial charge < -0.3 is 10.0 Å². The Morgan fingerprint density at radius 3 is 2.51 bits per heavy atom. The number of thiophene rings is 1. The standard InChI is InChI=1S/C24H20F4N2O4S3/c25-18-2-1-14(10-17(18)24(26,27)28)15-9-16(36-12-15)11-19-21(32)30(23(35)37-19)8-5-20(31)29-6-3-13(4-7-29)22(33)34/h1-2,9-13H,3-8H2,(H,33,34)/b19-11-. The highest BCUT2D eigenvalue weighted by Gasteiger charge is 2.35. The van der Waals surface area contributed by atoms with E-state index in [2.05, 4.69) is 0 Å². The van der Waals surface area contributed by atoms with Crippen molar-refractivity contribution in [3.63, 3.8) is 0 Å². The second kappa shape index (κ2) is 10.9. The van der Waals surface area contributed by atoms with Crippen LogP contribution >= 0.6 is 35.3 Å². The summed E-state index contributed by atoms with van der Waals surface area (Å²) < 4.78 is 53.0. The van der Waals surface area contributed by atoms with Crippen molar-refractivity contribution in [2.24, 2.45) is 5.92 Å². The van der Waals surface area contributed by atoms with Gasteiger partial charge in [-0.1, -0.05) is 30.0 Å². The van der Waals surface area contributed by atoms with E-state index in [9.17, 15) is 31.9 Å². The van der Waals surface area contributed by atoms with Crippen molar-refractivity contribution in [2.75, 3.05) is 19.6 Å². The summed E-state index contributed by atoms with van der Waals surface area (Å²) in [5.41, 5.74) is -0.697. The summed E-state index contributed by atoms with van der Waals surface area (Å²) in [5, 5.41) is 10.7. The molecular weight excluding hydrogens is 552 g/mol. The number of carbonyl (C=O) groups excluding carboxylic acids is 2. The lowest BCUT2D eigenvalue weighted by Gasteiger charge is -2.30. The second-order valence-electron chi connectivity index (χ2n) is 8.51. The third-order valence-corrected chi connectivity index (χ3v) is 8.38. The number of benzene rings is 1. The molecule has 4 rings (SSSR count). The number of thiocarbonyl (C=S) groups is 1. The van der Waals surface area contributed by atoms with Crippen LogP contribution in [-0.4, -0.2) is 56.6 Å². The monoisotopic (exact) mass is 572 g/mol. The highest BCUT2D eigenvalue weighted by Crippen LogP contribution is 2.37. The van der Waals surface area contributed by atoms with E-state index in [1.54, 1.807) is 22.4 Å². The molecule has 2 saturated heterocycles. The van der Waals surface area contributed by atoms with Gasteiger partial charge in [0.05, 0.1) is 16.4 Å². The van der Waals surface area contributed by atoms with Crippen LogP contribution in [0.3, 0.4) is 0 Å². The number of carbonyl (C=O) groups is 3. The Labute approximate surface area is 222 Å². The van der Waals surface area contributed by atoms with E-state index in [1.807, 2.05) is 0 Å². The van der Waals surface area contributed by atoms with Crippen LogP contribution in [0.25, 0.3) is 17.2 Å². The molecule has 1 N–H and O–H groups in total. The number of carboxylic acid groups (broad SMARTS) is 1. The van der Waals surface area contributed by atoms with E-state index in [-0.39, 0.29) is 30.3 Å². The number of aliphatic carboxylic acids is 1. The van der Waals surface area contributed by atoms with Gasteiger partial charge in [-0.2, -0.15) is 13.2 Å². The van der Waals surface area contributed by atoms with Crippen molar-refractivity contribution in [3.8, 4) is 11.1 Å². The number of hydrogen-bond acceptors (Lipinski definition) is 6. The molecule has 0 aliphatic carbocycles. The number of halogens is 4. The number of amides is 2. The Balaban J connectivity index is 1.39. The molecule has 196 valence electrons. The quantitative estimate of drug-likeness (QED) is 0.280. The summed E-state index contributed by atoms with van der Waals surface area (Å²) in [6, 6.07) is 4.39. The summed E-state index contributed by atoms with van der Waals surface area (Å²) in [6.45, 7) is 0.797. The van der Waals surface area contributed by atoms with Gasteiger partial charge in [0, 0.05) is 30.9 Å². The first-order valence-electron chi connectivity index (χ1n) is 11.2. The van der Waals surface area contributed by atoms with Crippen LogP contribution in [0.5, 0.6) is 0 Å². The fraction of sp³-hybridized carbons (Fsp3) is 0.333. The first-order valence-corrected chi connectivity index (χ1v) is 13.3. The van der Waals surface area contributed by atoms with Gasteiger partial charge in [-0.3, -0.25) is 19.3 Å². The van der Waals surface area contributed by atoms with Gasteiger partial charge in [-0.15, -0.1) is 11.3 Å². The number of piperidine rings is 1. The molecule has 2 fully saturated rings. The largest absolute Gasteiger partial charge is 0.481 e. The number of hydrogen-bond donors (Lipinski definition) is 1. The fourth-order valence-electron chi connectivity index (χ4n) is 4.07. The average molecular weight is 573 g/mol. The first-order chi connectivity index (χ1) is 17.4. The Kier molecular flexibility index (Phi) is 8.05. The van der Waals surface area contributed by atoms with Crippen LogP contribution in [-0.2, 0) is 20.6 Å². The number of rotatable bonds is 6. The summed E-state index contributed by atoms with van der Waals surface area (Å²) >= 11 is 7.58. The molecule has 37 heavy (non-hydrogen) atoms. The van der Waals surface area contributed by atoms with Crippen LogP contribution in [0, 0.1) is 11.7 Å². The molecule has 1 aromatic heterocycles. The van der Waals surface area contributed by atoms with Crippen molar-refractivity contribution in [1.82, 2.24) is 9.80 Å². The Morgan fingerprint density at radius 2 is 1.86 bits per heavy atom. The summed E-state index contributed by atoms with van der Waals surface area (Å²) in [5.74, 6) is -3.21. The van der Waals surface area contributed by atoms with Gasteiger partial charge >= 0.3 is 12.1 Å². The molecule has 3 heterocycles. The SMILES string of the molecule is O=C(O)C1CCN(C(=O)CCN2C(=O)/C(=C/c3cc(-c4ccc(F)c(C(F)(F)F)c4)cs3)SC2=S)CC1. The predicted octanol–water partition coefficient (Wildman–Crippen LogP) is 5.49. The zero-order chi connectivity index (χ0) is 26.9. The van der Waals surface area contributed by atoms with Crippen molar-refractivity contribution >= 4 is 63.5 Å². The van der Waals surface area contributed by atoms with Gasteiger partial charge in [0.15, 0.2) is 0 Å². The molecular formula is C24H20F4N2O4S3. The van der Waals surface area contributed by atoms with Crippen LogP contribution < -0.4 is 0 Å². The second-order valence-corrected chi connectivity index (χ2v) is 11.1. The van der Waals surface area contributed by atoms with E-state index < -0.39 is 29.4 Å². The van der Waals surface area contributed by atoms with E-state index in [4.69, 9.17) is 17.3 Å². The predicted molar refractivity (Wildman–Crippen MR) is 136 cm³/mol. The normalized spacial score (nSPS) is 18.2. The number of alkyl halides is 3. The Morgan fingerprint density at radius 1 is 1.16 bits per heavy atom. The van der Waals surface area contributed by atoms with Gasteiger partial charge in [0.2, 0.25) is 5.91 Å². The highest BCUT2D eigenvalue weighted by atomic mass is 32.2. The van der Waals surface area contributed by atoms with E-state index in [0.29, 0.717) is 45.6 Å². The van der Waals surface area contributed by atoms with Crippen LogP contribution in [0.15, 0.2) is 34.6 Å². The maximum Gasteiger partial charge on any atom is 0.419 e. The van der Waals surface area contributed by atoms with Gasteiger partial charge in [0.1, 0.15) is 10.1 Å². The molecule has 2 aliphatic heterocycles. The van der Waals surface area contributed by atoms with E-state index >= 15 is 0 Å². The molecule has 13 heteroatoms. The maximum absolute atomic E-state index is 13.6. The lowest BCUT2D eigenvalue weighted by atomic mass is 9.97. The van der Waals surface area contributed by atoms with Crippen LogP contribution in [0.2, 0.25) is 0 Å². The maximum atomic E-state index is 13.6. The Hall–Kier alpha value is -2.77. The smallest absolute Gasteiger partial charge is 0.419 e. The van der Waals surface area contributed by atoms with Gasteiger partial charge in [-0.05, 0) is 53.6 Å². The molecule has 2 aromatic rings. The molecule has 0 atom stereocenters. The molecule has 2 amide bonds. The lowest BCUT2D eigenvalue weighted by Crippen LogP contribution is -2.41. The highest BCUT2D eigenvalue weighted by molar-refractivity contribution is 8.26. The zero-order valence-corrected chi connectivity index (χ0v) is 21.5. The molecule has 6 nitrogen and oxygen atoms in total. The molecule has 0 unspecified atom stereocenters. The van der Waals surface area contributed by atoms with Crippen LogP contribution in [0.4, 0.5) is 17.6 Å². The third-order valence-electron chi connectivity index (χ3n) is 6.12. The third kappa shape index (κ3) is 6.21. The zero-order valence-electron chi connectivity index (χ0n) is 19.1. The van der Waals surface area contributed by atoms with E-state index in [1.165, 1.54) is 22.3 Å². The number of carboxylic acids is 1. The molecule has 1 aromatic carbocycles. The number of likely N-dealkylation sites (tertiary alicyclic amines) is 1. The molecule has 2 aliphatic rings. The van der Waals surface area contributed by atoms with Gasteiger partial charge in [0.25, 0.3) is 5.91 Å². The average Bonchev–Trinajstić information content (AvgIpc) is 3.41. The number of nitrogens with zero attached hydrogens (tertiary/aromatic N) is 2. The topological polar surface area (TPSA) is 77.9 Å². The minimum Gasteiger partial charge on any atom is -0.481 e. The summed E-state index contributed by atoms with van der Waals surface area (Å²) in [7, 11) is 0. The lowest BCUT2D eigenvalue weighted by molar-refractivity contribution is -0.145. The minimum atomic E-state index is -4.82. The van der Waals surface area contributed by atoms with Crippen molar-refractivity contribution < 1.29 is 37.1 Å². The van der Waals surface area contributed by atoms with Crippen molar-refractivity contribution in [2.45, 2.75) is 25.4 Å². The molecule has 0 saturated carbocycles. The minimum absolute atomic E-state index is 0.0483. The summed E-state index contributed by atoms with van der Waals surface area (Å²) in [4.78, 5) is 40.4. The summed E-state index contributed by atoms with van der Waals surface area (Å²) in [6.07, 6.45) is -2.40. The van der Waals surface area contributed by atoms with Crippen molar-refractivity contribution in [3.05, 3.63) is 50.8 Å².